The van der Waals surface area contributed by atoms with Crippen molar-refractivity contribution in [1.29, 1.82) is 0 Å². The van der Waals surface area contributed by atoms with Crippen LogP contribution in [-0.4, -0.2) is 33.6 Å². The van der Waals surface area contributed by atoms with Crippen LogP contribution in [0.15, 0.2) is 36.5 Å². The van der Waals surface area contributed by atoms with Crippen LogP contribution in [0.25, 0.3) is 0 Å². The first-order valence-electron chi connectivity index (χ1n) is 5.74. The molecule has 2 N–H and O–H groups in total. The summed E-state index contributed by atoms with van der Waals surface area (Å²) < 4.78 is 7.41. The molecule has 0 aliphatic heterocycles. The van der Waals surface area contributed by atoms with Crippen molar-refractivity contribution in [3.63, 3.8) is 0 Å². The molecule has 0 amide bonds. The van der Waals surface area contributed by atoms with Gasteiger partial charge in [0.2, 0.25) is 0 Å². The second-order valence-electron chi connectivity index (χ2n) is 3.99. The molecule has 94 valence electrons. The van der Waals surface area contributed by atoms with Crippen LogP contribution >= 0.6 is 0 Å². The summed E-state index contributed by atoms with van der Waals surface area (Å²) in [7, 11) is -1.44. The quantitative estimate of drug-likeness (QED) is 0.726. The highest BCUT2D eigenvalue weighted by molar-refractivity contribution is 6.58. The predicted octanol–water partition coefficient (Wildman–Crippen LogP) is -0.0497. The average molecular weight is 246 g/mol. The number of hydrogen-bond acceptors (Lipinski definition) is 4. The zero-order valence-electron chi connectivity index (χ0n) is 10.2. The standard InChI is InChI=1S/C12H15BN2O3/c1-10-6-7-14-15(10)8-9-18-12-4-2-11(3-5-12)13(16)17/h2-7,16-17H,8-9H2,1H3. The van der Waals surface area contributed by atoms with Crippen molar-refractivity contribution in [3.05, 3.63) is 42.2 Å². The monoisotopic (exact) mass is 246 g/mol. The molecule has 0 aliphatic rings. The molecule has 0 unspecified atom stereocenters. The lowest BCUT2D eigenvalue weighted by Gasteiger charge is -2.08. The van der Waals surface area contributed by atoms with Crippen molar-refractivity contribution in [2.24, 2.45) is 0 Å². The van der Waals surface area contributed by atoms with E-state index < -0.39 is 7.12 Å². The maximum atomic E-state index is 8.95. The maximum Gasteiger partial charge on any atom is 0.488 e. The van der Waals surface area contributed by atoms with Crippen LogP contribution in [0.4, 0.5) is 0 Å². The molecule has 18 heavy (non-hydrogen) atoms. The van der Waals surface area contributed by atoms with Crippen molar-refractivity contribution < 1.29 is 14.8 Å². The topological polar surface area (TPSA) is 67.5 Å². The molecule has 0 fully saturated rings. The third-order valence-electron chi connectivity index (χ3n) is 2.68. The number of nitrogens with zero attached hydrogens (tertiary/aromatic N) is 2. The van der Waals surface area contributed by atoms with E-state index in [1.54, 1.807) is 30.5 Å². The van der Waals surface area contributed by atoms with Gasteiger partial charge in [-0.2, -0.15) is 5.10 Å². The van der Waals surface area contributed by atoms with Gasteiger partial charge in [0.1, 0.15) is 12.4 Å². The van der Waals surface area contributed by atoms with Crippen molar-refractivity contribution in [2.45, 2.75) is 13.5 Å². The van der Waals surface area contributed by atoms with E-state index in [0.717, 1.165) is 5.69 Å². The Bertz CT molecular complexity index is 496. The van der Waals surface area contributed by atoms with Crippen molar-refractivity contribution >= 4 is 12.6 Å². The molecule has 2 aromatic rings. The molecule has 2 rings (SSSR count). The third kappa shape index (κ3) is 3.12. The Balaban J connectivity index is 1.85. The molecule has 0 bridgehead atoms. The van der Waals surface area contributed by atoms with Crippen molar-refractivity contribution in [1.82, 2.24) is 9.78 Å². The second kappa shape index (κ2) is 5.70. The van der Waals surface area contributed by atoms with Crippen LogP contribution in [0.2, 0.25) is 0 Å². The summed E-state index contributed by atoms with van der Waals surface area (Å²) in [6.45, 7) is 3.19. The van der Waals surface area contributed by atoms with Crippen LogP contribution in [0.1, 0.15) is 5.69 Å². The molecular weight excluding hydrogens is 231 g/mol. The Morgan fingerprint density at radius 3 is 2.50 bits per heavy atom. The smallest absolute Gasteiger partial charge is 0.488 e. The summed E-state index contributed by atoms with van der Waals surface area (Å²) in [6.07, 6.45) is 1.76. The predicted molar refractivity (Wildman–Crippen MR) is 68.7 cm³/mol. The largest absolute Gasteiger partial charge is 0.492 e. The summed E-state index contributed by atoms with van der Waals surface area (Å²) in [6, 6.07) is 8.62. The Hall–Kier alpha value is -1.79. The molecule has 6 heteroatoms. The lowest BCUT2D eigenvalue weighted by molar-refractivity contribution is 0.290. The van der Waals surface area contributed by atoms with Crippen molar-refractivity contribution in [3.8, 4) is 5.75 Å². The molecule has 5 nitrogen and oxygen atoms in total. The number of aromatic nitrogens is 2. The van der Waals surface area contributed by atoms with E-state index in [-0.39, 0.29) is 0 Å². The number of rotatable bonds is 5. The number of hydrogen-bond donors (Lipinski definition) is 2. The van der Waals surface area contributed by atoms with E-state index in [0.29, 0.717) is 24.4 Å². The van der Waals surface area contributed by atoms with Gasteiger partial charge in [-0.05, 0) is 30.6 Å². The SMILES string of the molecule is Cc1ccnn1CCOc1ccc(B(O)O)cc1. The van der Waals surface area contributed by atoms with E-state index in [1.165, 1.54) is 0 Å². The molecular formula is C12H15BN2O3. The molecule has 0 saturated heterocycles. The summed E-state index contributed by atoms with van der Waals surface area (Å²) in [5.41, 5.74) is 1.54. The highest BCUT2D eigenvalue weighted by atomic mass is 16.5. The lowest BCUT2D eigenvalue weighted by atomic mass is 9.80. The Morgan fingerprint density at radius 1 is 1.22 bits per heavy atom. The number of benzene rings is 1. The van der Waals surface area contributed by atoms with Gasteiger partial charge in [-0.25, -0.2) is 0 Å². The third-order valence-corrected chi connectivity index (χ3v) is 2.68. The summed E-state index contributed by atoms with van der Waals surface area (Å²) in [5.74, 6) is 0.698. The Kier molecular flexibility index (Phi) is 4.01. The van der Waals surface area contributed by atoms with E-state index in [2.05, 4.69) is 5.10 Å². The minimum atomic E-state index is -1.44. The first-order chi connectivity index (χ1) is 8.66. The van der Waals surface area contributed by atoms with E-state index in [9.17, 15) is 0 Å². The fourth-order valence-corrected chi connectivity index (χ4v) is 1.62. The summed E-state index contributed by atoms with van der Waals surface area (Å²) in [4.78, 5) is 0. The van der Waals surface area contributed by atoms with Crippen molar-refractivity contribution in [2.75, 3.05) is 6.61 Å². The van der Waals surface area contributed by atoms with Gasteiger partial charge in [0, 0.05) is 11.9 Å². The number of aryl methyl sites for hydroxylation is 1. The van der Waals surface area contributed by atoms with Crippen LogP contribution < -0.4 is 10.2 Å². The molecule has 1 aromatic carbocycles. The van der Waals surface area contributed by atoms with Gasteiger partial charge in [0.25, 0.3) is 0 Å². The molecule has 0 spiro atoms. The fourth-order valence-electron chi connectivity index (χ4n) is 1.62. The van der Waals surface area contributed by atoms with Crippen LogP contribution in [-0.2, 0) is 6.54 Å². The van der Waals surface area contributed by atoms with Gasteiger partial charge in [0.15, 0.2) is 0 Å². The van der Waals surface area contributed by atoms with E-state index in [4.69, 9.17) is 14.8 Å². The Morgan fingerprint density at radius 2 is 1.94 bits per heavy atom. The van der Waals surface area contributed by atoms with Crippen LogP contribution in [0.5, 0.6) is 5.75 Å². The summed E-state index contributed by atoms with van der Waals surface area (Å²) in [5, 5.41) is 22.1. The minimum Gasteiger partial charge on any atom is -0.492 e. The highest BCUT2D eigenvalue weighted by Crippen LogP contribution is 2.08. The summed E-state index contributed by atoms with van der Waals surface area (Å²) >= 11 is 0. The molecule has 0 aliphatic carbocycles. The first-order valence-corrected chi connectivity index (χ1v) is 5.74. The average Bonchev–Trinajstić information content (AvgIpc) is 2.76. The Labute approximate surface area is 106 Å². The van der Waals surface area contributed by atoms with E-state index in [1.807, 2.05) is 17.7 Å². The zero-order chi connectivity index (χ0) is 13.0. The normalized spacial score (nSPS) is 10.4. The van der Waals surface area contributed by atoms with E-state index >= 15 is 0 Å². The van der Waals surface area contributed by atoms with Gasteiger partial charge in [0.05, 0.1) is 6.54 Å². The van der Waals surface area contributed by atoms with Gasteiger partial charge in [-0.1, -0.05) is 12.1 Å². The van der Waals surface area contributed by atoms with Gasteiger partial charge < -0.3 is 14.8 Å². The first kappa shape index (κ1) is 12.7. The van der Waals surface area contributed by atoms with Gasteiger partial charge in [-0.15, -0.1) is 0 Å². The molecule has 0 saturated carbocycles. The second-order valence-corrected chi connectivity index (χ2v) is 3.99. The van der Waals surface area contributed by atoms with Gasteiger partial charge in [-0.3, -0.25) is 4.68 Å². The molecule has 0 atom stereocenters. The van der Waals surface area contributed by atoms with Crippen LogP contribution in [0, 0.1) is 6.92 Å². The number of ether oxygens (including phenoxy) is 1. The molecule has 1 aromatic heterocycles. The van der Waals surface area contributed by atoms with Gasteiger partial charge >= 0.3 is 7.12 Å². The minimum absolute atomic E-state index is 0.449. The zero-order valence-corrected chi connectivity index (χ0v) is 10.2. The molecule has 0 radical (unpaired) electrons. The maximum absolute atomic E-state index is 8.95. The fraction of sp³-hybridized carbons (Fsp3) is 0.250. The van der Waals surface area contributed by atoms with Crippen LogP contribution in [0.3, 0.4) is 0 Å². The lowest BCUT2D eigenvalue weighted by Crippen LogP contribution is -2.29. The highest BCUT2D eigenvalue weighted by Gasteiger charge is 2.09. The molecule has 1 heterocycles.